The number of hydrogen-bond donors (Lipinski definition) is 0. The third kappa shape index (κ3) is 3.54. The smallest absolute Gasteiger partial charge is 0.292 e. The van der Waals surface area contributed by atoms with E-state index in [-0.39, 0.29) is 23.7 Å². The number of urea groups is 1. The molecule has 1 aliphatic rings. The Balaban J connectivity index is 2.22. The van der Waals surface area contributed by atoms with Gasteiger partial charge < -0.3 is 0 Å². The lowest BCUT2D eigenvalue weighted by molar-refractivity contribution is -0.385. The maximum absolute atomic E-state index is 12.3. The van der Waals surface area contributed by atoms with E-state index in [1.807, 2.05) is 0 Å². The summed E-state index contributed by atoms with van der Waals surface area (Å²) in [6.45, 7) is 4.53. The van der Waals surface area contributed by atoms with Crippen LogP contribution in [-0.4, -0.2) is 51.4 Å². The van der Waals surface area contributed by atoms with Crippen LogP contribution < -0.4 is 0 Å². The molecule has 0 spiro atoms. The van der Waals surface area contributed by atoms with Crippen LogP contribution >= 0.6 is 0 Å². The molecule has 1 aliphatic heterocycles. The second-order valence-electron chi connectivity index (χ2n) is 6.17. The van der Waals surface area contributed by atoms with Crippen LogP contribution in [0.3, 0.4) is 0 Å². The fourth-order valence-electron chi connectivity index (χ4n) is 2.43. The van der Waals surface area contributed by atoms with Crippen molar-refractivity contribution in [1.29, 1.82) is 0 Å². The summed E-state index contributed by atoms with van der Waals surface area (Å²) < 4.78 is 0. The highest BCUT2D eigenvalue weighted by atomic mass is 16.6. The number of imide groups is 2. The molecule has 9 heteroatoms. The Morgan fingerprint density at radius 2 is 1.76 bits per heavy atom. The lowest BCUT2D eigenvalue weighted by Crippen LogP contribution is -2.38. The third-order valence-corrected chi connectivity index (χ3v) is 3.71. The molecule has 9 nitrogen and oxygen atoms in total. The van der Waals surface area contributed by atoms with Crippen molar-refractivity contribution in [1.82, 2.24) is 9.80 Å². The monoisotopic (exact) mass is 347 g/mol. The SMILES string of the molecule is Cc1ccc(C(=O)CN2C(=O)C(=O)N(CC(C)C)C2=O)cc1[N+](=O)[O-]. The van der Waals surface area contributed by atoms with Crippen molar-refractivity contribution in [3.05, 3.63) is 39.4 Å². The van der Waals surface area contributed by atoms with E-state index in [9.17, 15) is 29.3 Å². The van der Waals surface area contributed by atoms with Crippen molar-refractivity contribution in [3.63, 3.8) is 0 Å². The van der Waals surface area contributed by atoms with Crippen LogP contribution in [0.4, 0.5) is 10.5 Å². The first-order valence-electron chi connectivity index (χ1n) is 7.59. The molecule has 0 saturated carbocycles. The van der Waals surface area contributed by atoms with Crippen LogP contribution in [-0.2, 0) is 9.59 Å². The molecule has 0 atom stereocenters. The van der Waals surface area contributed by atoms with E-state index in [1.54, 1.807) is 13.8 Å². The molecule has 1 fully saturated rings. The largest absolute Gasteiger partial charge is 0.334 e. The zero-order valence-electron chi connectivity index (χ0n) is 14.0. The van der Waals surface area contributed by atoms with Gasteiger partial charge in [-0.2, -0.15) is 0 Å². The number of ketones is 1. The predicted molar refractivity (Wildman–Crippen MR) is 85.8 cm³/mol. The molecule has 132 valence electrons. The summed E-state index contributed by atoms with van der Waals surface area (Å²) in [5.41, 5.74) is 0.142. The van der Waals surface area contributed by atoms with Crippen molar-refractivity contribution in [2.45, 2.75) is 20.8 Å². The summed E-state index contributed by atoms with van der Waals surface area (Å²) in [5.74, 6) is -2.73. The average molecular weight is 347 g/mol. The molecular weight excluding hydrogens is 330 g/mol. The topological polar surface area (TPSA) is 118 Å². The first-order valence-corrected chi connectivity index (χ1v) is 7.59. The van der Waals surface area contributed by atoms with Gasteiger partial charge in [0, 0.05) is 23.7 Å². The van der Waals surface area contributed by atoms with E-state index in [2.05, 4.69) is 0 Å². The first-order chi connectivity index (χ1) is 11.6. The number of nitro benzene ring substituents is 1. The number of aryl methyl sites for hydroxylation is 1. The Bertz CT molecular complexity index is 786. The summed E-state index contributed by atoms with van der Waals surface area (Å²) in [7, 11) is 0. The van der Waals surface area contributed by atoms with Crippen molar-refractivity contribution in [3.8, 4) is 0 Å². The molecule has 0 unspecified atom stereocenters. The minimum Gasteiger partial charge on any atom is -0.292 e. The molecule has 0 N–H and O–H groups in total. The number of rotatable bonds is 6. The van der Waals surface area contributed by atoms with Gasteiger partial charge in [0.1, 0.15) is 0 Å². The lowest BCUT2D eigenvalue weighted by atomic mass is 10.1. The molecule has 1 heterocycles. The van der Waals surface area contributed by atoms with Crippen molar-refractivity contribution < 1.29 is 24.1 Å². The third-order valence-electron chi connectivity index (χ3n) is 3.71. The van der Waals surface area contributed by atoms with E-state index in [1.165, 1.54) is 19.1 Å². The maximum atomic E-state index is 12.3. The molecular formula is C16H17N3O6. The number of carbonyl (C=O) groups is 4. The highest BCUT2D eigenvalue weighted by Crippen LogP contribution is 2.21. The van der Waals surface area contributed by atoms with Gasteiger partial charge in [-0.3, -0.25) is 29.4 Å². The Labute approximate surface area is 143 Å². The summed E-state index contributed by atoms with van der Waals surface area (Å²) in [6, 6.07) is 3.04. The molecule has 2 rings (SSSR count). The maximum Gasteiger partial charge on any atom is 0.334 e. The van der Waals surface area contributed by atoms with E-state index < -0.39 is 35.1 Å². The van der Waals surface area contributed by atoms with Crippen molar-refractivity contribution in [2.24, 2.45) is 5.92 Å². The number of hydrogen-bond acceptors (Lipinski definition) is 6. The van der Waals surface area contributed by atoms with E-state index in [0.29, 0.717) is 10.5 Å². The second-order valence-corrected chi connectivity index (χ2v) is 6.17. The number of nitrogens with zero attached hydrogens (tertiary/aromatic N) is 3. The molecule has 1 saturated heterocycles. The van der Waals surface area contributed by atoms with E-state index in [0.717, 1.165) is 11.0 Å². The van der Waals surface area contributed by atoms with Crippen molar-refractivity contribution >= 4 is 29.3 Å². The highest BCUT2D eigenvalue weighted by molar-refractivity contribution is 6.45. The van der Waals surface area contributed by atoms with Crippen LogP contribution in [0, 0.1) is 23.0 Å². The normalized spacial score (nSPS) is 14.6. The van der Waals surface area contributed by atoms with Crippen LogP contribution in [0.2, 0.25) is 0 Å². The lowest BCUT2D eigenvalue weighted by Gasteiger charge is -2.16. The Morgan fingerprint density at radius 3 is 2.32 bits per heavy atom. The summed E-state index contributed by atoms with van der Waals surface area (Å²) in [5, 5.41) is 11.0. The molecule has 0 radical (unpaired) electrons. The molecule has 1 aromatic rings. The van der Waals surface area contributed by atoms with Gasteiger partial charge in [-0.15, -0.1) is 0 Å². The zero-order valence-corrected chi connectivity index (χ0v) is 14.0. The Kier molecular flexibility index (Phi) is 4.96. The van der Waals surface area contributed by atoms with Gasteiger partial charge in [0.2, 0.25) is 0 Å². The van der Waals surface area contributed by atoms with Gasteiger partial charge in [0.25, 0.3) is 5.69 Å². The van der Waals surface area contributed by atoms with Gasteiger partial charge in [0.05, 0.1) is 11.5 Å². The van der Waals surface area contributed by atoms with Crippen LogP contribution in [0.25, 0.3) is 0 Å². The zero-order chi connectivity index (χ0) is 18.9. The molecule has 1 aromatic carbocycles. The van der Waals surface area contributed by atoms with Gasteiger partial charge in [-0.05, 0) is 12.8 Å². The number of nitro groups is 1. The first kappa shape index (κ1) is 18.2. The van der Waals surface area contributed by atoms with Gasteiger partial charge in [-0.25, -0.2) is 9.69 Å². The highest BCUT2D eigenvalue weighted by Gasteiger charge is 2.45. The minimum atomic E-state index is -1.07. The summed E-state index contributed by atoms with van der Waals surface area (Å²) >= 11 is 0. The number of carbonyl (C=O) groups excluding carboxylic acids is 4. The fraction of sp³-hybridized carbons (Fsp3) is 0.375. The van der Waals surface area contributed by atoms with Gasteiger partial charge in [-0.1, -0.05) is 26.0 Å². The van der Waals surface area contributed by atoms with Crippen LogP contribution in [0.5, 0.6) is 0 Å². The van der Waals surface area contributed by atoms with E-state index in [4.69, 9.17) is 0 Å². The van der Waals surface area contributed by atoms with E-state index >= 15 is 0 Å². The Hall–Kier alpha value is -3.10. The standard InChI is InChI=1S/C16H17N3O6/c1-9(2)7-17-14(21)15(22)18(16(17)23)8-13(20)11-5-4-10(3)12(6-11)19(24)25/h4-6,9H,7-8H2,1-3H3. The van der Waals surface area contributed by atoms with Crippen LogP contribution in [0.15, 0.2) is 18.2 Å². The van der Waals surface area contributed by atoms with Crippen LogP contribution in [0.1, 0.15) is 29.8 Å². The Morgan fingerprint density at radius 1 is 1.16 bits per heavy atom. The number of amides is 4. The molecule has 0 aliphatic carbocycles. The number of Topliss-reactive ketones (excluding diaryl/α,β-unsaturated/α-hetero) is 1. The quantitative estimate of drug-likeness (QED) is 0.253. The molecule has 0 bridgehead atoms. The number of benzene rings is 1. The molecule has 0 aromatic heterocycles. The average Bonchev–Trinajstić information content (AvgIpc) is 2.72. The molecule has 25 heavy (non-hydrogen) atoms. The molecule has 4 amide bonds. The minimum absolute atomic E-state index is 0.00680. The summed E-state index contributed by atoms with van der Waals surface area (Å²) in [6.07, 6.45) is 0. The summed E-state index contributed by atoms with van der Waals surface area (Å²) in [4.78, 5) is 60.1. The predicted octanol–water partition coefficient (Wildman–Crippen LogP) is 1.53. The fourth-order valence-corrected chi connectivity index (χ4v) is 2.43. The van der Waals surface area contributed by atoms with Crippen molar-refractivity contribution in [2.75, 3.05) is 13.1 Å². The van der Waals surface area contributed by atoms with Gasteiger partial charge in [0.15, 0.2) is 5.78 Å². The second kappa shape index (κ2) is 6.80. The van der Waals surface area contributed by atoms with Gasteiger partial charge >= 0.3 is 17.8 Å².